The van der Waals surface area contributed by atoms with Crippen LogP contribution < -0.4 is 0 Å². The highest BCUT2D eigenvalue weighted by Crippen LogP contribution is 2.28. The Labute approximate surface area is 143 Å². The smallest absolute Gasteiger partial charge is 0.263 e. The summed E-state index contributed by atoms with van der Waals surface area (Å²) >= 11 is 1.51. The predicted molar refractivity (Wildman–Crippen MR) is 90.6 cm³/mol. The number of rotatable bonds is 4. The van der Waals surface area contributed by atoms with Crippen molar-refractivity contribution in [1.29, 1.82) is 0 Å². The van der Waals surface area contributed by atoms with Gasteiger partial charge in [0.05, 0.1) is 15.4 Å². The van der Waals surface area contributed by atoms with E-state index in [1.807, 2.05) is 27.8 Å². The molecular weight excluding hydrogens is 324 g/mol. The first-order chi connectivity index (χ1) is 11.8. The lowest BCUT2D eigenvalue weighted by Gasteiger charge is -2.32. The SMILES string of the molecule is O=C(c1ccc(-c2ccn[nH]2)s1)N1CCC[C@H](Cn2cncn2)C1. The van der Waals surface area contributed by atoms with Crippen molar-refractivity contribution >= 4 is 17.2 Å². The molecule has 1 fully saturated rings. The minimum atomic E-state index is 0.119. The number of nitrogens with zero attached hydrogens (tertiary/aromatic N) is 5. The number of hydrogen-bond acceptors (Lipinski definition) is 5. The molecule has 8 heteroatoms. The second-order valence-electron chi connectivity index (χ2n) is 6.01. The van der Waals surface area contributed by atoms with Gasteiger partial charge in [0.1, 0.15) is 12.7 Å². The molecule has 4 heterocycles. The Morgan fingerprint density at radius 2 is 2.33 bits per heavy atom. The first kappa shape index (κ1) is 15.1. The van der Waals surface area contributed by atoms with E-state index in [9.17, 15) is 4.79 Å². The molecule has 1 aliphatic heterocycles. The van der Waals surface area contributed by atoms with E-state index in [0.717, 1.165) is 47.9 Å². The van der Waals surface area contributed by atoms with Gasteiger partial charge in [-0.3, -0.25) is 14.6 Å². The summed E-state index contributed by atoms with van der Waals surface area (Å²) in [6.07, 6.45) is 7.15. The van der Waals surface area contributed by atoms with Crippen LogP contribution in [-0.4, -0.2) is 48.9 Å². The standard InChI is InChI=1S/C16H18N6OS/c23-16(15-4-3-14(24-15)13-5-6-18-20-13)21-7-1-2-12(8-21)9-22-11-17-10-19-22/h3-6,10-12H,1-2,7-9H2,(H,18,20)/t12-/m0/s1. The number of carbonyl (C=O) groups excluding carboxylic acids is 1. The molecule has 124 valence electrons. The molecule has 0 radical (unpaired) electrons. The van der Waals surface area contributed by atoms with Crippen molar-refractivity contribution in [3.63, 3.8) is 0 Å². The molecule has 24 heavy (non-hydrogen) atoms. The van der Waals surface area contributed by atoms with Crippen molar-refractivity contribution in [2.45, 2.75) is 19.4 Å². The molecule has 1 atom stereocenters. The van der Waals surface area contributed by atoms with Crippen LogP contribution in [0.4, 0.5) is 0 Å². The van der Waals surface area contributed by atoms with Crippen LogP contribution in [0.5, 0.6) is 0 Å². The molecule has 0 saturated carbocycles. The Balaban J connectivity index is 1.44. The average molecular weight is 342 g/mol. The predicted octanol–water partition coefficient (Wildman–Crippen LogP) is 2.28. The maximum atomic E-state index is 12.8. The second-order valence-corrected chi connectivity index (χ2v) is 7.09. The molecule has 7 nitrogen and oxygen atoms in total. The molecule has 4 rings (SSSR count). The number of nitrogens with one attached hydrogen (secondary N) is 1. The van der Waals surface area contributed by atoms with E-state index in [4.69, 9.17) is 0 Å². The third kappa shape index (κ3) is 3.09. The van der Waals surface area contributed by atoms with E-state index >= 15 is 0 Å². The Kier molecular flexibility index (Phi) is 4.12. The van der Waals surface area contributed by atoms with Crippen molar-refractivity contribution in [2.75, 3.05) is 13.1 Å². The zero-order chi connectivity index (χ0) is 16.4. The van der Waals surface area contributed by atoms with Gasteiger partial charge in [0.25, 0.3) is 5.91 Å². The molecule has 0 unspecified atom stereocenters. The van der Waals surface area contributed by atoms with Gasteiger partial charge in [-0.15, -0.1) is 11.3 Å². The lowest BCUT2D eigenvalue weighted by Crippen LogP contribution is -2.40. The number of aromatic amines is 1. The van der Waals surface area contributed by atoms with E-state index in [2.05, 4.69) is 20.3 Å². The maximum absolute atomic E-state index is 12.8. The van der Waals surface area contributed by atoms with E-state index in [1.165, 1.54) is 11.3 Å². The quantitative estimate of drug-likeness (QED) is 0.789. The van der Waals surface area contributed by atoms with E-state index in [1.54, 1.807) is 18.9 Å². The molecule has 1 aliphatic rings. The molecule has 0 aromatic carbocycles. The largest absolute Gasteiger partial charge is 0.338 e. The summed E-state index contributed by atoms with van der Waals surface area (Å²) in [6.45, 7) is 2.41. The summed E-state index contributed by atoms with van der Waals surface area (Å²) in [4.78, 5) is 20.6. The Morgan fingerprint density at radius 3 is 3.12 bits per heavy atom. The molecule has 1 amide bonds. The van der Waals surface area contributed by atoms with Gasteiger partial charge in [-0.25, -0.2) is 4.98 Å². The van der Waals surface area contributed by atoms with Gasteiger partial charge in [-0.1, -0.05) is 0 Å². The van der Waals surface area contributed by atoms with Gasteiger partial charge < -0.3 is 4.90 Å². The number of hydrogen-bond donors (Lipinski definition) is 1. The number of H-pyrrole nitrogens is 1. The number of carbonyl (C=O) groups is 1. The van der Waals surface area contributed by atoms with Crippen molar-refractivity contribution in [3.05, 3.63) is 41.9 Å². The van der Waals surface area contributed by atoms with Crippen LogP contribution in [0.25, 0.3) is 10.6 Å². The second kappa shape index (κ2) is 6.56. The zero-order valence-corrected chi connectivity index (χ0v) is 13.9. The number of likely N-dealkylation sites (tertiary alicyclic amines) is 1. The van der Waals surface area contributed by atoms with E-state index in [-0.39, 0.29) is 5.91 Å². The Hall–Kier alpha value is -2.48. The average Bonchev–Trinajstić information content (AvgIpc) is 3.35. The van der Waals surface area contributed by atoms with Gasteiger partial charge >= 0.3 is 0 Å². The third-order valence-corrected chi connectivity index (χ3v) is 5.41. The Morgan fingerprint density at radius 1 is 1.38 bits per heavy atom. The van der Waals surface area contributed by atoms with Crippen LogP contribution in [0.15, 0.2) is 37.1 Å². The van der Waals surface area contributed by atoms with Crippen LogP contribution in [0.3, 0.4) is 0 Å². The highest BCUT2D eigenvalue weighted by atomic mass is 32.1. The first-order valence-electron chi connectivity index (χ1n) is 8.01. The lowest BCUT2D eigenvalue weighted by molar-refractivity contribution is 0.0664. The molecule has 0 spiro atoms. The molecular formula is C16H18N6OS. The van der Waals surface area contributed by atoms with E-state index < -0.39 is 0 Å². The molecule has 3 aromatic heterocycles. The van der Waals surface area contributed by atoms with Gasteiger partial charge in [-0.05, 0) is 37.0 Å². The highest BCUT2D eigenvalue weighted by Gasteiger charge is 2.26. The fourth-order valence-electron chi connectivity index (χ4n) is 3.14. The minimum Gasteiger partial charge on any atom is -0.338 e. The minimum absolute atomic E-state index is 0.119. The van der Waals surface area contributed by atoms with Gasteiger partial charge in [0.2, 0.25) is 0 Å². The van der Waals surface area contributed by atoms with Crippen LogP contribution in [0.2, 0.25) is 0 Å². The monoisotopic (exact) mass is 342 g/mol. The fraction of sp³-hybridized carbons (Fsp3) is 0.375. The number of aromatic nitrogens is 5. The normalized spacial score (nSPS) is 18.0. The van der Waals surface area contributed by atoms with Crippen LogP contribution in [-0.2, 0) is 6.54 Å². The topological polar surface area (TPSA) is 79.7 Å². The third-order valence-electron chi connectivity index (χ3n) is 4.30. The van der Waals surface area contributed by atoms with Gasteiger partial charge in [0, 0.05) is 25.8 Å². The fourth-order valence-corrected chi connectivity index (χ4v) is 4.09. The first-order valence-corrected chi connectivity index (χ1v) is 8.82. The van der Waals surface area contributed by atoms with Crippen LogP contribution >= 0.6 is 11.3 Å². The lowest BCUT2D eigenvalue weighted by atomic mass is 9.98. The number of amides is 1. The van der Waals surface area contributed by atoms with E-state index in [0.29, 0.717) is 5.92 Å². The van der Waals surface area contributed by atoms with Crippen LogP contribution in [0, 0.1) is 5.92 Å². The molecule has 0 aliphatic carbocycles. The summed E-state index contributed by atoms with van der Waals surface area (Å²) in [6, 6.07) is 5.79. The summed E-state index contributed by atoms with van der Waals surface area (Å²) in [5.41, 5.74) is 0.946. The summed E-state index contributed by atoms with van der Waals surface area (Å²) < 4.78 is 1.85. The van der Waals surface area contributed by atoms with Gasteiger partial charge in [0.15, 0.2) is 0 Å². The van der Waals surface area contributed by atoms with Crippen molar-refractivity contribution in [2.24, 2.45) is 5.92 Å². The highest BCUT2D eigenvalue weighted by molar-refractivity contribution is 7.17. The zero-order valence-electron chi connectivity index (χ0n) is 13.1. The molecule has 1 saturated heterocycles. The molecule has 3 aromatic rings. The van der Waals surface area contributed by atoms with Crippen LogP contribution in [0.1, 0.15) is 22.5 Å². The number of thiophene rings is 1. The maximum Gasteiger partial charge on any atom is 0.263 e. The van der Waals surface area contributed by atoms with Crippen molar-refractivity contribution < 1.29 is 4.79 Å². The Bertz CT molecular complexity index is 795. The van der Waals surface area contributed by atoms with Crippen molar-refractivity contribution in [1.82, 2.24) is 29.9 Å². The number of piperidine rings is 1. The summed E-state index contributed by atoms with van der Waals surface area (Å²) in [5, 5.41) is 11.1. The summed E-state index contributed by atoms with van der Waals surface area (Å²) in [5.74, 6) is 0.547. The molecule has 0 bridgehead atoms. The molecule has 1 N–H and O–H groups in total. The van der Waals surface area contributed by atoms with Gasteiger partial charge in [-0.2, -0.15) is 10.2 Å². The van der Waals surface area contributed by atoms with Crippen molar-refractivity contribution in [3.8, 4) is 10.6 Å². The summed E-state index contributed by atoms with van der Waals surface area (Å²) in [7, 11) is 0.